The van der Waals surface area contributed by atoms with Crippen LogP contribution in [0.3, 0.4) is 0 Å². The second-order valence-corrected chi connectivity index (χ2v) is 5.94. The molecule has 0 bridgehead atoms. The van der Waals surface area contributed by atoms with Crippen LogP contribution >= 0.6 is 15.9 Å². The monoisotopic (exact) mass is 299 g/mol. The minimum Gasteiger partial charge on any atom is -0.496 e. The molecule has 0 saturated heterocycles. The van der Waals surface area contributed by atoms with Crippen LogP contribution in [0, 0.1) is 5.41 Å². The Labute approximate surface area is 113 Å². The smallest absolute Gasteiger partial charge is 0.133 e. The number of hydrogen-bond donors (Lipinski definition) is 1. The Kier molecular flexibility index (Phi) is 5.47. The maximum atomic E-state index is 5.21. The quantitative estimate of drug-likeness (QED) is 0.858. The highest BCUT2D eigenvalue weighted by molar-refractivity contribution is 9.10. The molecule has 1 N–H and O–H groups in total. The standard InChI is InChI=1S/C14H22BrNO/c1-5-14(2,3)10-16-9-11-6-7-13(17-4)12(15)8-11/h6-8,16H,5,9-10H2,1-4H3. The number of ether oxygens (including phenoxy) is 1. The SMILES string of the molecule is CCC(C)(C)CNCc1ccc(OC)c(Br)c1. The Hall–Kier alpha value is -0.540. The molecule has 96 valence electrons. The van der Waals surface area contributed by atoms with E-state index >= 15 is 0 Å². The number of hydrogen-bond acceptors (Lipinski definition) is 2. The van der Waals surface area contributed by atoms with Crippen molar-refractivity contribution in [3.63, 3.8) is 0 Å². The Morgan fingerprint density at radius 2 is 2.06 bits per heavy atom. The van der Waals surface area contributed by atoms with Gasteiger partial charge in [-0.2, -0.15) is 0 Å². The Bertz CT molecular complexity index is 363. The van der Waals surface area contributed by atoms with Crippen molar-refractivity contribution < 1.29 is 4.74 Å². The van der Waals surface area contributed by atoms with E-state index in [9.17, 15) is 0 Å². The third-order valence-corrected chi connectivity index (χ3v) is 3.73. The van der Waals surface area contributed by atoms with Gasteiger partial charge in [-0.1, -0.05) is 26.8 Å². The highest BCUT2D eigenvalue weighted by Gasteiger charge is 2.13. The Morgan fingerprint density at radius 1 is 1.35 bits per heavy atom. The fourth-order valence-corrected chi connectivity index (χ4v) is 2.08. The van der Waals surface area contributed by atoms with Gasteiger partial charge in [0.1, 0.15) is 5.75 Å². The third kappa shape index (κ3) is 4.68. The average molecular weight is 300 g/mol. The van der Waals surface area contributed by atoms with Crippen molar-refractivity contribution in [2.45, 2.75) is 33.7 Å². The molecule has 0 spiro atoms. The second-order valence-electron chi connectivity index (χ2n) is 5.09. The minimum atomic E-state index is 0.365. The molecule has 1 aromatic carbocycles. The molecule has 17 heavy (non-hydrogen) atoms. The molecule has 0 saturated carbocycles. The molecule has 0 aromatic heterocycles. The molecule has 1 rings (SSSR count). The summed E-state index contributed by atoms with van der Waals surface area (Å²) in [7, 11) is 1.68. The van der Waals surface area contributed by atoms with E-state index in [1.165, 1.54) is 12.0 Å². The van der Waals surface area contributed by atoms with Crippen LogP contribution in [0.2, 0.25) is 0 Å². The summed E-state index contributed by atoms with van der Waals surface area (Å²) in [4.78, 5) is 0. The van der Waals surface area contributed by atoms with Gasteiger partial charge in [-0.15, -0.1) is 0 Å². The molecule has 0 amide bonds. The summed E-state index contributed by atoms with van der Waals surface area (Å²) in [6.45, 7) is 8.72. The van der Waals surface area contributed by atoms with E-state index in [2.05, 4.69) is 54.2 Å². The third-order valence-electron chi connectivity index (χ3n) is 3.11. The molecular weight excluding hydrogens is 278 g/mol. The topological polar surface area (TPSA) is 21.3 Å². The predicted octanol–water partition coefficient (Wildman–Crippen LogP) is 3.98. The molecule has 2 nitrogen and oxygen atoms in total. The first-order valence-electron chi connectivity index (χ1n) is 6.01. The zero-order valence-electron chi connectivity index (χ0n) is 11.1. The van der Waals surface area contributed by atoms with Crippen molar-refractivity contribution in [3.8, 4) is 5.75 Å². The lowest BCUT2D eigenvalue weighted by atomic mass is 9.90. The largest absolute Gasteiger partial charge is 0.496 e. The molecule has 0 radical (unpaired) electrons. The molecular formula is C14H22BrNO. The van der Waals surface area contributed by atoms with E-state index in [-0.39, 0.29) is 0 Å². The highest BCUT2D eigenvalue weighted by atomic mass is 79.9. The molecule has 0 aliphatic heterocycles. The summed E-state index contributed by atoms with van der Waals surface area (Å²) in [6, 6.07) is 6.19. The molecule has 1 aromatic rings. The van der Waals surface area contributed by atoms with Gasteiger partial charge < -0.3 is 10.1 Å². The first-order chi connectivity index (χ1) is 7.98. The van der Waals surface area contributed by atoms with Crippen LogP contribution in [0.25, 0.3) is 0 Å². The summed E-state index contributed by atoms with van der Waals surface area (Å²) >= 11 is 3.50. The summed E-state index contributed by atoms with van der Waals surface area (Å²) in [5.74, 6) is 0.877. The van der Waals surface area contributed by atoms with Gasteiger partial charge in [-0.25, -0.2) is 0 Å². The van der Waals surface area contributed by atoms with Crippen LogP contribution in [0.15, 0.2) is 22.7 Å². The van der Waals surface area contributed by atoms with Crippen molar-refractivity contribution in [2.75, 3.05) is 13.7 Å². The minimum absolute atomic E-state index is 0.365. The molecule has 0 atom stereocenters. The van der Waals surface area contributed by atoms with E-state index in [0.29, 0.717) is 5.41 Å². The molecule has 0 aliphatic rings. The van der Waals surface area contributed by atoms with Crippen molar-refractivity contribution in [2.24, 2.45) is 5.41 Å². The van der Waals surface area contributed by atoms with Crippen molar-refractivity contribution in [1.29, 1.82) is 0 Å². The zero-order chi connectivity index (χ0) is 12.9. The van der Waals surface area contributed by atoms with Crippen LogP contribution in [0.1, 0.15) is 32.8 Å². The lowest BCUT2D eigenvalue weighted by Crippen LogP contribution is -2.28. The van der Waals surface area contributed by atoms with Gasteiger partial charge in [0.2, 0.25) is 0 Å². The molecule has 0 unspecified atom stereocenters. The predicted molar refractivity (Wildman–Crippen MR) is 76.5 cm³/mol. The van der Waals surface area contributed by atoms with Crippen LogP contribution < -0.4 is 10.1 Å². The van der Waals surface area contributed by atoms with Crippen LogP contribution in [-0.2, 0) is 6.54 Å². The maximum absolute atomic E-state index is 5.21. The number of rotatable bonds is 6. The van der Waals surface area contributed by atoms with Gasteiger partial charge in [0.25, 0.3) is 0 Å². The van der Waals surface area contributed by atoms with Crippen molar-refractivity contribution >= 4 is 15.9 Å². The van der Waals surface area contributed by atoms with E-state index in [1.807, 2.05) is 6.07 Å². The van der Waals surface area contributed by atoms with E-state index in [1.54, 1.807) is 7.11 Å². The Balaban J connectivity index is 2.50. The summed E-state index contributed by atoms with van der Waals surface area (Å²) in [5.41, 5.74) is 1.63. The maximum Gasteiger partial charge on any atom is 0.133 e. The first-order valence-corrected chi connectivity index (χ1v) is 6.81. The zero-order valence-corrected chi connectivity index (χ0v) is 12.7. The van der Waals surface area contributed by atoms with Crippen LogP contribution in [0.5, 0.6) is 5.75 Å². The van der Waals surface area contributed by atoms with Gasteiger partial charge in [-0.05, 0) is 45.5 Å². The van der Waals surface area contributed by atoms with Gasteiger partial charge in [-0.3, -0.25) is 0 Å². The first kappa shape index (κ1) is 14.5. The van der Waals surface area contributed by atoms with Gasteiger partial charge >= 0.3 is 0 Å². The number of methoxy groups -OCH3 is 1. The fourth-order valence-electron chi connectivity index (χ4n) is 1.49. The molecule has 0 fully saturated rings. The number of nitrogens with one attached hydrogen (secondary N) is 1. The summed E-state index contributed by atoms with van der Waals surface area (Å²) in [5, 5.41) is 3.50. The summed E-state index contributed by atoms with van der Waals surface area (Å²) in [6.07, 6.45) is 1.19. The molecule has 3 heteroatoms. The van der Waals surface area contributed by atoms with Crippen LogP contribution in [0.4, 0.5) is 0 Å². The van der Waals surface area contributed by atoms with Gasteiger partial charge in [0, 0.05) is 13.1 Å². The Morgan fingerprint density at radius 3 is 2.59 bits per heavy atom. The molecule has 0 aliphatic carbocycles. The van der Waals surface area contributed by atoms with Gasteiger partial charge in [0.05, 0.1) is 11.6 Å². The lowest BCUT2D eigenvalue weighted by molar-refractivity contribution is 0.327. The lowest BCUT2D eigenvalue weighted by Gasteiger charge is -2.23. The second kappa shape index (κ2) is 6.41. The van der Waals surface area contributed by atoms with Gasteiger partial charge in [0.15, 0.2) is 0 Å². The normalized spacial score (nSPS) is 11.6. The average Bonchev–Trinajstić information content (AvgIpc) is 2.29. The number of benzene rings is 1. The fraction of sp³-hybridized carbons (Fsp3) is 0.571. The van der Waals surface area contributed by atoms with Crippen LogP contribution in [-0.4, -0.2) is 13.7 Å². The molecule has 0 heterocycles. The van der Waals surface area contributed by atoms with Crippen molar-refractivity contribution in [3.05, 3.63) is 28.2 Å². The highest BCUT2D eigenvalue weighted by Crippen LogP contribution is 2.25. The van der Waals surface area contributed by atoms with E-state index < -0.39 is 0 Å². The summed E-state index contributed by atoms with van der Waals surface area (Å²) < 4.78 is 6.22. The van der Waals surface area contributed by atoms with E-state index in [0.717, 1.165) is 23.3 Å². The van der Waals surface area contributed by atoms with Crippen molar-refractivity contribution in [1.82, 2.24) is 5.32 Å². The number of halogens is 1. The van der Waals surface area contributed by atoms with E-state index in [4.69, 9.17) is 4.74 Å².